The van der Waals surface area contributed by atoms with Gasteiger partial charge in [0.2, 0.25) is 0 Å². The van der Waals surface area contributed by atoms with Crippen LogP contribution in [0.3, 0.4) is 0 Å². The Morgan fingerprint density at radius 2 is 2.22 bits per heavy atom. The van der Waals surface area contributed by atoms with Crippen LogP contribution < -0.4 is 5.32 Å². The molecule has 0 radical (unpaired) electrons. The zero-order valence-electron chi connectivity index (χ0n) is 11.8. The van der Waals surface area contributed by atoms with Crippen molar-refractivity contribution in [2.24, 2.45) is 0 Å². The van der Waals surface area contributed by atoms with E-state index >= 15 is 0 Å². The van der Waals surface area contributed by atoms with Crippen LogP contribution in [0.15, 0.2) is 22.8 Å². The van der Waals surface area contributed by atoms with Gasteiger partial charge in [-0.25, -0.2) is 0 Å². The molecule has 0 bridgehead atoms. The van der Waals surface area contributed by atoms with Crippen molar-refractivity contribution in [3.05, 3.63) is 24.2 Å². The minimum absolute atomic E-state index is 0.269. The summed E-state index contributed by atoms with van der Waals surface area (Å²) in [6.45, 7) is 12.0. The van der Waals surface area contributed by atoms with Crippen molar-refractivity contribution in [1.82, 2.24) is 10.2 Å². The van der Waals surface area contributed by atoms with E-state index in [0.717, 1.165) is 45.2 Å². The maximum atomic E-state index is 5.38. The highest BCUT2D eigenvalue weighted by Crippen LogP contribution is 2.11. The quantitative estimate of drug-likeness (QED) is 0.650. The molecular formula is C14H26N2O2. The minimum Gasteiger partial charge on any atom is -0.468 e. The van der Waals surface area contributed by atoms with Crippen LogP contribution in [0.4, 0.5) is 0 Å². The van der Waals surface area contributed by atoms with E-state index in [-0.39, 0.29) is 6.04 Å². The van der Waals surface area contributed by atoms with Crippen molar-refractivity contribution >= 4 is 0 Å². The van der Waals surface area contributed by atoms with Gasteiger partial charge in [0, 0.05) is 26.2 Å². The summed E-state index contributed by atoms with van der Waals surface area (Å²) in [5.41, 5.74) is 0. The van der Waals surface area contributed by atoms with Crippen LogP contribution in [0, 0.1) is 0 Å². The first-order chi connectivity index (χ1) is 8.77. The summed E-state index contributed by atoms with van der Waals surface area (Å²) in [4.78, 5) is 2.39. The predicted molar refractivity (Wildman–Crippen MR) is 73.7 cm³/mol. The van der Waals surface area contributed by atoms with Crippen LogP contribution in [0.5, 0.6) is 0 Å². The highest BCUT2D eigenvalue weighted by molar-refractivity contribution is 5.02. The number of hydrogen-bond donors (Lipinski definition) is 1. The SMILES string of the molecule is CCOCCN(CC)CCNC(C)c1ccco1. The largest absolute Gasteiger partial charge is 0.468 e. The average molecular weight is 254 g/mol. The molecule has 0 saturated carbocycles. The zero-order valence-corrected chi connectivity index (χ0v) is 11.8. The van der Waals surface area contributed by atoms with E-state index < -0.39 is 0 Å². The third-order valence-corrected chi connectivity index (χ3v) is 3.05. The van der Waals surface area contributed by atoms with E-state index in [0.29, 0.717) is 0 Å². The van der Waals surface area contributed by atoms with Gasteiger partial charge in [-0.15, -0.1) is 0 Å². The number of furan rings is 1. The lowest BCUT2D eigenvalue weighted by Gasteiger charge is -2.21. The maximum absolute atomic E-state index is 5.38. The normalized spacial score (nSPS) is 13.1. The molecule has 0 aromatic carbocycles. The molecule has 1 aromatic heterocycles. The van der Waals surface area contributed by atoms with Crippen molar-refractivity contribution in [3.8, 4) is 0 Å². The Labute approximate surface area is 110 Å². The minimum atomic E-state index is 0.269. The summed E-state index contributed by atoms with van der Waals surface area (Å²) in [5, 5.41) is 3.46. The summed E-state index contributed by atoms with van der Waals surface area (Å²) in [6, 6.07) is 4.20. The van der Waals surface area contributed by atoms with Crippen LogP contribution in [0.2, 0.25) is 0 Å². The first-order valence-corrected chi connectivity index (χ1v) is 6.84. The summed E-state index contributed by atoms with van der Waals surface area (Å²) in [5.74, 6) is 0.993. The third-order valence-electron chi connectivity index (χ3n) is 3.05. The molecule has 1 atom stereocenters. The molecule has 0 amide bonds. The monoisotopic (exact) mass is 254 g/mol. The van der Waals surface area contributed by atoms with Gasteiger partial charge in [0.05, 0.1) is 18.9 Å². The van der Waals surface area contributed by atoms with Crippen molar-refractivity contribution < 1.29 is 9.15 Å². The van der Waals surface area contributed by atoms with Gasteiger partial charge in [0.15, 0.2) is 0 Å². The Bertz CT molecular complexity index is 288. The fourth-order valence-electron chi connectivity index (χ4n) is 1.84. The highest BCUT2D eigenvalue weighted by Gasteiger charge is 2.08. The van der Waals surface area contributed by atoms with Gasteiger partial charge >= 0.3 is 0 Å². The Morgan fingerprint density at radius 1 is 1.39 bits per heavy atom. The third kappa shape index (κ3) is 5.67. The number of nitrogens with zero attached hydrogens (tertiary/aromatic N) is 1. The molecule has 0 aliphatic heterocycles. The van der Waals surface area contributed by atoms with Crippen LogP contribution in [0.25, 0.3) is 0 Å². The van der Waals surface area contributed by atoms with E-state index in [1.807, 2.05) is 19.1 Å². The smallest absolute Gasteiger partial charge is 0.120 e. The van der Waals surface area contributed by atoms with Crippen LogP contribution in [-0.4, -0.2) is 44.3 Å². The average Bonchev–Trinajstić information content (AvgIpc) is 2.91. The summed E-state index contributed by atoms with van der Waals surface area (Å²) in [7, 11) is 0. The zero-order chi connectivity index (χ0) is 13.2. The number of ether oxygens (including phenoxy) is 1. The lowest BCUT2D eigenvalue weighted by molar-refractivity contribution is 0.115. The molecule has 18 heavy (non-hydrogen) atoms. The van der Waals surface area contributed by atoms with Crippen molar-refractivity contribution in [3.63, 3.8) is 0 Å². The number of likely N-dealkylation sites (N-methyl/N-ethyl adjacent to an activating group) is 1. The van der Waals surface area contributed by atoms with Gasteiger partial charge in [-0.05, 0) is 32.5 Å². The predicted octanol–water partition coefficient (Wildman–Crippen LogP) is 2.29. The summed E-state index contributed by atoms with van der Waals surface area (Å²) < 4.78 is 10.7. The molecule has 1 N–H and O–H groups in total. The topological polar surface area (TPSA) is 37.6 Å². The Morgan fingerprint density at radius 3 is 2.83 bits per heavy atom. The van der Waals surface area contributed by atoms with Crippen molar-refractivity contribution in [2.45, 2.75) is 26.8 Å². The van der Waals surface area contributed by atoms with Crippen molar-refractivity contribution in [2.75, 3.05) is 39.4 Å². The molecular weight excluding hydrogens is 228 g/mol. The molecule has 0 saturated heterocycles. The van der Waals surface area contributed by atoms with E-state index in [4.69, 9.17) is 9.15 Å². The number of rotatable bonds is 10. The molecule has 1 aromatic rings. The Kier molecular flexibility index (Phi) is 7.73. The molecule has 104 valence electrons. The molecule has 4 heteroatoms. The van der Waals surface area contributed by atoms with E-state index in [2.05, 4.69) is 24.1 Å². The molecule has 0 fully saturated rings. The second-order valence-electron chi connectivity index (χ2n) is 4.32. The van der Waals surface area contributed by atoms with Crippen LogP contribution >= 0.6 is 0 Å². The molecule has 0 spiro atoms. The van der Waals surface area contributed by atoms with Gasteiger partial charge in [-0.1, -0.05) is 6.92 Å². The second-order valence-corrected chi connectivity index (χ2v) is 4.32. The first kappa shape index (κ1) is 15.2. The number of nitrogens with one attached hydrogen (secondary N) is 1. The fourth-order valence-corrected chi connectivity index (χ4v) is 1.84. The van der Waals surface area contributed by atoms with Crippen LogP contribution in [-0.2, 0) is 4.74 Å². The highest BCUT2D eigenvalue weighted by atomic mass is 16.5. The van der Waals surface area contributed by atoms with Gasteiger partial charge in [0.25, 0.3) is 0 Å². The fraction of sp³-hybridized carbons (Fsp3) is 0.714. The van der Waals surface area contributed by atoms with Gasteiger partial charge in [-0.3, -0.25) is 0 Å². The number of hydrogen-bond acceptors (Lipinski definition) is 4. The van der Waals surface area contributed by atoms with E-state index in [1.165, 1.54) is 0 Å². The van der Waals surface area contributed by atoms with Gasteiger partial charge in [-0.2, -0.15) is 0 Å². The standard InChI is InChI=1S/C14H26N2O2/c1-4-16(10-12-17-5-2)9-8-15-13(3)14-7-6-11-18-14/h6-7,11,13,15H,4-5,8-10,12H2,1-3H3. The molecule has 0 aliphatic carbocycles. The van der Waals surface area contributed by atoms with Crippen molar-refractivity contribution in [1.29, 1.82) is 0 Å². The molecule has 0 aliphatic rings. The molecule has 1 heterocycles. The Balaban J connectivity index is 2.14. The van der Waals surface area contributed by atoms with E-state index in [1.54, 1.807) is 6.26 Å². The molecule has 1 unspecified atom stereocenters. The maximum Gasteiger partial charge on any atom is 0.120 e. The second kappa shape index (κ2) is 9.14. The van der Waals surface area contributed by atoms with E-state index in [9.17, 15) is 0 Å². The lowest BCUT2D eigenvalue weighted by atomic mass is 10.2. The summed E-state index contributed by atoms with van der Waals surface area (Å²) >= 11 is 0. The summed E-state index contributed by atoms with van der Waals surface area (Å²) in [6.07, 6.45) is 1.72. The van der Waals surface area contributed by atoms with Gasteiger partial charge < -0.3 is 19.4 Å². The van der Waals surface area contributed by atoms with Gasteiger partial charge in [0.1, 0.15) is 5.76 Å². The van der Waals surface area contributed by atoms with Crippen LogP contribution in [0.1, 0.15) is 32.6 Å². The Hall–Kier alpha value is -0.840. The molecule has 1 rings (SSSR count). The lowest BCUT2D eigenvalue weighted by Crippen LogP contribution is -2.35. The first-order valence-electron chi connectivity index (χ1n) is 6.84. The molecule has 4 nitrogen and oxygen atoms in total.